The Balaban J connectivity index is 2.65. The van der Waals surface area contributed by atoms with Gasteiger partial charge in [-0.2, -0.15) is 13.2 Å². The molecule has 0 radical (unpaired) electrons. The first-order valence-corrected chi connectivity index (χ1v) is 9.64. The van der Waals surface area contributed by atoms with Crippen molar-refractivity contribution < 1.29 is 22.8 Å². The molecule has 0 aliphatic rings. The number of nitrogens with one attached hydrogen (secondary N) is 2. The number of amides is 1. The summed E-state index contributed by atoms with van der Waals surface area (Å²) in [7, 11) is 0. The third-order valence-corrected chi connectivity index (χ3v) is 4.49. The number of nitrogens with zero attached hydrogens (tertiary/aromatic N) is 2. The predicted octanol–water partition coefficient (Wildman–Crippen LogP) is 4.39. The number of carbonyl (C=O) groups excluding carboxylic acids is 2. The maximum Gasteiger partial charge on any atom is 0.389 e. The number of hydrogen-bond donors (Lipinski definition) is 2. The zero-order chi connectivity index (χ0) is 21.2. The molecule has 0 aliphatic carbocycles. The fourth-order valence-electron chi connectivity index (χ4n) is 2.04. The fraction of sp³-hybridized carbons (Fsp3) is 0.412. The number of pyridine rings is 1. The van der Waals surface area contributed by atoms with E-state index < -0.39 is 23.6 Å². The number of halogens is 4. The SMILES string of the molecule is CCN(C(=O)CCC(=O)SCCC(F)(F)F)/C(=C/Nc1cccnc1)C(=N)Cl. The molecule has 2 N–H and O–H groups in total. The Morgan fingerprint density at radius 3 is 2.64 bits per heavy atom. The molecule has 0 unspecified atom stereocenters. The molecular formula is C17H20ClF3N4O2S. The Hall–Kier alpha value is -2.07. The van der Waals surface area contributed by atoms with Gasteiger partial charge in [0, 0.05) is 37.5 Å². The first-order valence-electron chi connectivity index (χ1n) is 8.28. The van der Waals surface area contributed by atoms with Gasteiger partial charge in [0.15, 0.2) is 5.12 Å². The van der Waals surface area contributed by atoms with Gasteiger partial charge in [-0.15, -0.1) is 0 Å². The Bertz CT molecular complexity index is 714. The first-order chi connectivity index (χ1) is 13.1. The number of anilines is 1. The van der Waals surface area contributed by atoms with Crippen LogP contribution in [0, 0.1) is 5.41 Å². The number of rotatable bonds is 10. The highest BCUT2D eigenvalue weighted by atomic mass is 35.5. The van der Waals surface area contributed by atoms with Crippen LogP contribution in [0.5, 0.6) is 0 Å². The van der Waals surface area contributed by atoms with Crippen molar-refractivity contribution in [2.75, 3.05) is 17.6 Å². The van der Waals surface area contributed by atoms with Crippen LogP contribution in [0.25, 0.3) is 0 Å². The molecule has 0 aliphatic heterocycles. The lowest BCUT2D eigenvalue weighted by Gasteiger charge is -2.23. The minimum Gasteiger partial charge on any atom is -0.358 e. The van der Waals surface area contributed by atoms with Crippen LogP contribution in [0.2, 0.25) is 0 Å². The first kappa shape index (κ1) is 24.0. The van der Waals surface area contributed by atoms with E-state index in [0.717, 1.165) is 0 Å². The molecular weight excluding hydrogens is 417 g/mol. The van der Waals surface area contributed by atoms with E-state index in [1.165, 1.54) is 11.1 Å². The van der Waals surface area contributed by atoms with E-state index >= 15 is 0 Å². The van der Waals surface area contributed by atoms with Crippen LogP contribution in [0.15, 0.2) is 36.4 Å². The van der Waals surface area contributed by atoms with Gasteiger partial charge in [0.1, 0.15) is 5.17 Å². The van der Waals surface area contributed by atoms with Gasteiger partial charge >= 0.3 is 6.18 Å². The quantitative estimate of drug-likeness (QED) is 0.531. The van der Waals surface area contributed by atoms with Crippen molar-refractivity contribution in [1.82, 2.24) is 9.88 Å². The summed E-state index contributed by atoms with van der Waals surface area (Å²) in [6, 6.07) is 3.43. The average Bonchev–Trinajstić information content (AvgIpc) is 2.62. The summed E-state index contributed by atoms with van der Waals surface area (Å²) in [5.74, 6) is -0.836. The molecule has 0 fully saturated rings. The molecule has 154 valence electrons. The van der Waals surface area contributed by atoms with Gasteiger partial charge < -0.3 is 10.2 Å². The van der Waals surface area contributed by atoms with Crippen molar-refractivity contribution in [1.29, 1.82) is 5.41 Å². The molecule has 0 saturated carbocycles. The lowest BCUT2D eigenvalue weighted by atomic mass is 10.2. The molecule has 0 saturated heterocycles. The van der Waals surface area contributed by atoms with Gasteiger partial charge in [-0.05, 0) is 19.1 Å². The van der Waals surface area contributed by atoms with Crippen molar-refractivity contribution in [3.05, 3.63) is 36.4 Å². The Morgan fingerprint density at radius 1 is 1.39 bits per heavy atom. The van der Waals surface area contributed by atoms with Crippen molar-refractivity contribution in [3.8, 4) is 0 Å². The highest BCUT2D eigenvalue weighted by Gasteiger charge is 2.27. The summed E-state index contributed by atoms with van der Waals surface area (Å²) in [4.78, 5) is 29.3. The van der Waals surface area contributed by atoms with Crippen LogP contribution in [-0.4, -0.2) is 44.6 Å². The molecule has 1 heterocycles. The normalized spacial score (nSPS) is 11.8. The molecule has 1 aromatic heterocycles. The van der Waals surface area contributed by atoms with Gasteiger partial charge in [-0.1, -0.05) is 23.4 Å². The number of aromatic nitrogens is 1. The molecule has 0 aromatic carbocycles. The van der Waals surface area contributed by atoms with Crippen LogP contribution < -0.4 is 5.32 Å². The number of allylic oxidation sites excluding steroid dienone is 1. The van der Waals surface area contributed by atoms with Crippen LogP contribution in [0.3, 0.4) is 0 Å². The van der Waals surface area contributed by atoms with E-state index in [-0.39, 0.29) is 36.0 Å². The smallest absolute Gasteiger partial charge is 0.358 e. The molecule has 0 atom stereocenters. The summed E-state index contributed by atoms with van der Waals surface area (Å²) in [5, 5.41) is 9.69. The highest BCUT2D eigenvalue weighted by molar-refractivity contribution is 8.13. The Labute approximate surface area is 170 Å². The molecule has 1 rings (SSSR count). The number of alkyl halides is 3. The van der Waals surface area contributed by atoms with Crippen LogP contribution in [-0.2, 0) is 9.59 Å². The number of hydrogen-bond acceptors (Lipinski definition) is 6. The van der Waals surface area contributed by atoms with Gasteiger partial charge in [0.05, 0.1) is 24.0 Å². The second-order valence-corrected chi connectivity index (χ2v) is 6.98. The summed E-state index contributed by atoms with van der Waals surface area (Å²) < 4.78 is 36.3. The van der Waals surface area contributed by atoms with Crippen LogP contribution >= 0.6 is 23.4 Å². The van der Waals surface area contributed by atoms with E-state index in [1.807, 2.05) is 0 Å². The maximum absolute atomic E-state index is 12.4. The molecule has 28 heavy (non-hydrogen) atoms. The third kappa shape index (κ3) is 9.23. The minimum atomic E-state index is -4.32. The van der Waals surface area contributed by atoms with E-state index in [4.69, 9.17) is 17.0 Å². The van der Waals surface area contributed by atoms with E-state index in [1.54, 1.807) is 31.5 Å². The molecule has 1 aromatic rings. The van der Waals surface area contributed by atoms with E-state index in [9.17, 15) is 22.8 Å². The van der Waals surface area contributed by atoms with E-state index in [2.05, 4.69) is 10.3 Å². The summed E-state index contributed by atoms with van der Waals surface area (Å²) in [6.45, 7) is 1.87. The molecule has 1 amide bonds. The standard InChI is InChI=1S/C17H20ClF3N4O2S/c1-2-25(13(16(18)22)11-24-12-4-3-8-23-10-12)14(26)5-6-15(27)28-9-7-17(19,20)21/h3-4,8,10-11,22,24H,2,5-7,9H2,1H3/b13-11+,22-16?. The second kappa shape index (κ2) is 11.7. The Kier molecular flexibility index (Phi) is 10.0. The summed E-state index contributed by atoms with van der Waals surface area (Å²) in [5.41, 5.74) is 0.729. The molecule has 0 bridgehead atoms. The largest absolute Gasteiger partial charge is 0.389 e. The monoisotopic (exact) mass is 436 g/mol. The van der Waals surface area contributed by atoms with Crippen molar-refractivity contribution in [2.45, 2.75) is 32.4 Å². The highest BCUT2D eigenvalue weighted by Crippen LogP contribution is 2.23. The zero-order valence-corrected chi connectivity index (χ0v) is 16.6. The molecule has 0 spiro atoms. The van der Waals surface area contributed by atoms with E-state index in [0.29, 0.717) is 17.4 Å². The third-order valence-electron chi connectivity index (χ3n) is 3.36. The fourth-order valence-corrected chi connectivity index (χ4v) is 3.00. The van der Waals surface area contributed by atoms with Crippen molar-refractivity contribution >= 4 is 45.2 Å². The Morgan fingerprint density at radius 2 is 2.11 bits per heavy atom. The zero-order valence-electron chi connectivity index (χ0n) is 15.1. The lowest BCUT2D eigenvalue weighted by molar-refractivity contribution is -0.131. The van der Waals surface area contributed by atoms with Crippen molar-refractivity contribution in [3.63, 3.8) is 0 Å². The summed E-state index contributed by atoms with van der Waals surface area (Å²) >= 11 is 6.34. The van der Waals surface area contributed by atoms with Gasteiger partial charge in [0.25, 0.3) is 0 Å². The number of carbonyl (C=O) groups is 2. The van der Waals surface area contributed by atoms with Gasteiger partial charge in [-0.3, -0.25) is 20.0 Å². The van der Waals surface area contributed by atoms with Gasteiger partial charge in [-0.25, -0.2) is 0 Å². The maximum atomic E-state index is 12.4. The van der Waals surface area contributed by atoms with Gasteiger partial charge in [0.2, 0.25) is 5.91 Å². The van der Waals surface area contributed by atoms with Crippen molar-refractivity contribution in [2.24, 2.45) is 0 Å². The topological polar surface area (TPSA) is 86.2 Å². The predicted molar refractivity (Wildman–Crippen MR) is 104 cm³/mol. The average molecular weight is 437 g/mol. The minimum absolute atomic E-state index is 0.107. The molecule has 6 nitrogen and oxygen atoms in total. The molecule has 11 heteroatoms. The number of thioether (sulfide) groups is 1. The second-order valence-electron chi connectivity index (χ2n) is 5.45. The van der Waals surface area contributed by atoms with Crippen LogP contribution in [0.1, 0.15) is 26.2 Å². The summed E-state index contributed by atoms with van der Waals surface area (Å²) in [6.07, 6.45) is -1.25. The van der Waals surface area contributed by atoms with Crippen LogP contribution in [0.4, 0.5) is 18.9 Å². The lowest BCUT2D eigenvalue weighted by Crippen LogP contribution is -2.33.